The average molecular weight is 399 g/mol. The summed E-state index contributed by atoms with van der Waals surface area (Å²) in [5.41, 5.74) is 2.23. The Labute approximate surface area is 166 Å². The van der Waals surface area contributed by atoms with Gasteiger partial charge in [0, 0.05) is 17.0 Å². The Morgan fingerprint density at radius 3 is 2.57 bits per heavy atom. The molecule has 0 amide bonds. The van der Waals surface area contributed by atoms with Gasteiger partial charge in [-0.25, -0.2) is 14.2 Å². The molecule has 0 aliphatic heterocycles. The minimum absolute atomic E-state index is 0.0623. The highest BCUT2D eigenvalue weighted by Gasteiger charge is 2.07. The number of benzene rings is 2. The van der Waals surface area contributed by atoms with Crippen LogP contribution in [0.4, 0.5) is 4.39 Å². The zero-order valence-corrected chi connectivity index (χ0v) is 16.2. The molecule has 0 fully saturated rings. The first-order valence-electron chi connectivity index (χ1n) is 8.36. The first kappa shape index (κ1) is 19.6. The number of ether oxygens (including phenoxy) is 3. The summed E-state index contributed by atoms with van der Waals surface area (Å²) >= 11 is 1.41. The fourth-order valence-corrected chi connectivity index (χ4v) is 3.22. The van der Waals surface area contributed by atoms with Crippen molar-refractivity contribution in [1.82, 2.24) is 4.98 Å². The Kier molecular flexibility index (Phi) is 6.39. The molecule has 0 aliphatic carbocycles. The molecule has 0 atom stereocenters. The lowest BCUT2D eigenvalue weighted by Crippen LogP contribution is -2.01. The van der Waals surface area contributed by atoms with Crippen LogP contribution in [-0.4, -0.2) is 25.2 Å². The zero-order chi connectivity index (χ0) is 19.9. The van der Waals surface area contributed by atoms with Gasteiger partial charge in [-0.1, -0.05) is 6.07 Å². The molecule has 0 saturated heterocycles. The molecule has 0 N–H and O–H groups in total. The third kappa shape index (κ3) is 4.95. The minimum Gasteiger partial charge on any atom is -0.493 e. The van der Waals surface area contributed by atoms with E-state index in [1.807, 2.05) is 5.38 Å². The van der Waals surface area contributed by atoms with Gasteiger partial charge in [-0.3, -0.25) is 0 Å². The van der Waals surface area contributed by atoms with Crippen LogP contribution in [0.1, 0.15) is 11.3 Å². The third-order valence-electron chi connectivity index (χ3n) is 3.82. The number of carbonyl (C=O) groups is 1. The van der Waals surface area contributed by atoms with Crippen molar-refractivity contribution < 1.29 is 23.4 Å². The molecule has 0 spiro atoms. The minimum atomic E-state index is -0.480. The molecule has 144 valence electrons. The van der Waals surface area contributed by atoms with E-state index in [1.54, 1.807) is 50.6 Å². The molecule has 3 rings (SSSR count). The first-order valence-corrected chi connectivity index (χ1v) is 9.24. The van der Waals surface area contributed by atoms with Gasteiger partial charge in [-0.2, -0.15) is 0 Å². The van der Waals surface area contributed by atoms with E-state index in [9.17, 15) is 9.18 Å². The van der Waals surface area contributed by atoms with Crippen LogP contribution in [0.15, 0.2) is 53.9 Å². The summed E-state index contributed by atoms with van der Waals surface area (Å²) in [7, 11) is 3.11. The van der Waals surface area contributed by atoms with E-state index in [-0.39, 0.29) is 12.4 Å². The second-order valence-electron chi connectivity index (χ2n) is 5.71. The van der Waals surface area contributed by atoms with Crippen molar-refractivity contribution in [3.8, 4) is 22.1 Å². The monoisotopic (exact) mass is 399 g/mol. The maximum Gasteiger partial charge on any atom is 0.331 e. The van der Waals surface area contributed by atoms with Crippen molar-refractivity contribution in [1.29, 1.82) is 0 Å². The van der Waals surface area contributed by atoms with E-state index < -0.39 is 5.97 Å². The highest BCUT2D eigenvalue weighted by molar-refractivity contribution is 7.13. The summed E-state index contributed by atoms with van der Waals surface area (Å²) in [4.78, 5) is 16.4. The summed E-state index contributed by atoms with van der Waals surface area (Å²) in [5, 5.41) is 2.55. The number of nitrogens with zero attached hydrogens (tertiary/aromatic N) is 1. The summed E-state index contributed by atoms with van der Waals surface area (Å²) in [6.45, 7) is 0.0623. The van der Waals surface area contributed by atoms with Crippen molar-refractivity contribution in [2.75, 3.05) is 14.2 Å². The van der Waals surface area contributed by atoms with Gasteiger partial charge in [0.25, 0.3) is 0 Å². The normalized spacial score (nSPS) is 10.8. The lowest BCUT2D eigenvalue weighted by Gasteiger charge is -2.07. The van der Waals surface area contributed by atoms with E-state index in [2.05, 4.69) is 4.98 Å². The van der Waals surface area contributed by atoms with Crippen LogP contribution in [0, 0.1) is 5.82 Å². The van der Waals surface area contributed by atoms with Gasteiger partial charge >= 0.3 is 5.97 Å². The SMILES string of the molecule is COc1ccc(/C=C/C(=O)OCc2csc(-c3ccc(F)cc3)n2)cc1OC. The fraction of sp³-hybridized carbons (Fsp3) is 0.143. The van der Waals surface area contributed by atoms with E-state index in [0.29, 0.717) is 17.2 Å². The topological polar surface area (TPSA) is 57.7 Å². The molecule has 5 nitrogen and oxygen atoms in total. The van der Waals surface area contributed by atoms with Crippen molar-refractivity contribution in [3.63, 3.8) is 0 Å². The summed E-state index contributed by atoms with van der Waals surface area (Å²) in [6, 6.07) is 11.4. The number of esters is 1. The summed E-state index contributed by atoms with van der Waals surface area (Å²) in [5.74, 6) is 0.415. The Morgan fingerprint density at radius 1 is 1.11 bits per heavy atom. The van der Waals surface area contributed by atoms with Crippen LogP contribution in [-0.2, 0) is 16.1 Å². The molecule has 7 heteroatoms. The number of carbonyl (C=O) groups excluding carboxylic acids is 1. The second-order valence-corrected chi connectivity index (χ2v) is 6.56. The molecule has 0 saturated carbocycles. The Bertz CT molecular complexity index is 982. The largest absolute Gasteiger partial charge is 0.493 e. The van der Waals surface area contributed by atoms with Crippen LogP contribution in [0.5, 0.6) is 11.5 Å². The highest BCUT2D eigenvalue weighted by Crippen LogP contribution is 2.28. The molecule has 28 heavy (non-hydrogen) atoms. The van der Waals surface area contributed by atoms with E-state index >= 15 is 0 Å². The molecular formula is C21H18FNO4S. The van der Waals surface area contributed by atoms with Gasteiger partial charge in [0.1, 0.15) is 17.4 Å². The van der Waals surface area contributed by atoms with Crippen LogP contribution in [0.2, 0.25) is 0 Å². The van der Waals surface area contributed by atoms with Gasteiger partial charge in [0.2, 0.25) is 0 Å². The van der Waals surface area contributed by atoms with Crippen LogP contribution in [0.25, 0.3) is 16.6 Å². The Hall–Kier alpha value is -3.19. The molecule has 2 aromatic carbocycles. The average Bonchev–Trinajstić information content (AvgIpc) is 3.20. The quantitative estimate of drug-likeness (QED) is 0.425. The van der Waals surface area contributed by atoms with Gasteiger partial charge in [-0.15, -0.1) is 11.3 Å². The molecule has 3 aromatic rings. The zero-order valence-electron chi connectivity index (χ0n) is 15.3. The number of hydrogen-bond donors (Lipinski definition) is 0. The predicted molar refractivity (Wildman–Crippen MR) is 106 cm³/mol. The molecule has 1 aromatic heterocycles. The van der Waals surface area contributed by atoms with Crippen LogP contribution >= 0.6 is 11.3 Å². The van der Waals surface area contributed by atoms with Crippen molar-refractivity contribution in [2.45, 2.75) is 6.61 Å². The van der Waals surface area contributed by atoms with Gasteiger partial charge in [-0.05, 0) is 48.0 Å². The van der Waals surface area contributed by atoms with E-state index in [1.165, 1.54) is 29.5 Å². The number of aromatic nitrogens is 1. The van der Waals surface area contributed by atoms with E-state index in [4.69, 9.17) is 14.2 Å². The van der Waals surface area contributed by atoms with Crippen molar-refractivity contribution in [2.24, 2.45) is 0 Å². The van der Waals surface area contributed by atoms with Gasteiger partial charge in [0.15, 0.2) is 11.5 Å². The lowest BCUT2D eigenvalue weighted by atomic mass is 10.2. The number of methoxy groups -OCH3 is 2. The first-order chi connectivity index (χ1) is 13.6. The second kappa shape index (κ2) is 9.14. The molecular weight excluding hydrogens is 381 g/mol. The highest BCUT2D eigenvalue weighted by atomic mass is 32.1. The molecule has 0 unspecified atom stereocenters. The summed E-state index contributed by atoms with van der Waals surface area (Å²) in [6.07, 6.45) is 2.98. The maximum absolute atomic E-state index is 13.0. The number of halogens is 1. The smallest absolute Gasteiger partial charge is 0.331 e. The van der Waals surface area contributed by atoms with Crippen LogP contribution in [0.3, 0.4) is 0 Å². The molecule has 0 aliphatic rings. The molecule has 0 radical (unpaired) electrons. The van der Waals surface area contributed by atoms with Crippen LogP contribution < -0.4 is 9.47 Å². The Balaban J connectivity index is 1.57. The lowest BCUT2D eigenvalue weighted by molar-refractivity contribution is -0.139. The number of hydrogen-bond acceptors (Lipinski definition) is 6. The maximum atomic E-state index is 13.0. The fourth-order valence-electron chi connectivity index (χ4n) is 2.41. The van der Waals surface area contributed by atoms with E-state index in [0.717, 1.165) is 16.1 Å². The van der Waals surface area contributed by atoms with Crippen molar-refractivity contribution in [3.05, 3.63) is 71.0 Å². The number of thiazole rings is 1. The third-order valence-corrected chi connectivity index (χ3v) is 4.76. The van der Waals surface area contributed by atoms with Gasteiger partial charge in [0.05, 0.1) is 19.9 Å². The Morgan fingerprint density at radius 2 is 1.86 bits per heavy atom. The number of rotatable bonds is 7. The summed E-state index contributed by atoms with van der Waals surface area (Å²) < 4.78 is 28.6. The predicted octanol–water partition coefficient (Wildman–Crippen LogP) is 4.72. The molecule has 1 heterocycles. The van der Waals surface area contributed by atoms with Gasteiger partial charge < -0.3 is 14.2 Å². The standard InChI is InChI=1S/C21H18FNO4S/c1-25-18-9-3-14(11-19(18)26-2)4-10-20(24)27-12-17-13-28-21(23-17)15-5-7-16(22)8-6-15/h3-11,13H,12H2,1-2H3/b10-4+. The molecule has 0 bridgehead atoms. The van der Waals surface area contributed by atoms with Crippen molar-refractivity contribution >= 4 is 23.4 Å².